The minimum absolute atomic E-state index is 0.0840. The highest BCUT2D eigenvalue weighted by Crippen LogP contribution is 2.45. The molecule has 0 spiro atoms. The molecule has 0 heterocycles. The van der Waals surface area contributed by atoms with E-state index in [4.69, 9.17) is 37.0 Å². The summed E-state index contributed by atoms with van der Waals surface area (Å²) in [5.41, 5.74) is 0. The summed E-state index contributed by atoms with van der Waals surface area (Å²) in [5.74, 6) is 0.173. The molecular formula is C81H154O17P2. The van der Waals surface area contributed by atoms with Gasteiger partial charge in [0.25, 0.3) is 0 Å². The van der Waals surface area contributed by atoms with Crippen LogP contribution in [0, 0.1) is 17.8 Å². The molecule has 590 valence electrons. The molecule has 0 fully saturated rings. The lowest BCUT2D eigenvalue weighted by Crippen LogP contribution is -2.30. The van der Waals surface area contributed by atoms with Crippen LogP contribution in [0.3, 0.4) is 0 Å². The third kappa shape index (κ3) is 72.5. The van der Waals surface area contributed by atoms with Gasteiger partial charge in [0.2, 0.25) is 0 Å². The SMILES string of the molecule is CCCCCC/C=C\C=C/CCCCCCCC(=O)O[C@H](COC(=O)CCCCCCCCC(C)CC)COP(=O)(O)OC[C@H](O)COP(=O)(O)OC[C@@H](COC(=O)CCCCCCCCCCCCCC(C)C)OC(=O)CCCCCCCCCCCCCCCCCCCCC(C)C. The Morgan fingerprint density at radius 2 is 0.590 bits per heavy atom. The number of hydrogen-bond acceptors (Lipinski definition) is 15. The number of unbranched alkanes of at least 4 members (excludes halogenated alkanes) is 41. The average Bonchev–Trinajstić information content (AvgIpc) is 0.939. The zero-order valence-corrected chi connectivity index (χ0v) is 66.9. The molecule has 0 aromatic carbocycles. The number of ether oxygens (including phenoxy) is 4. The Bertz CT molecular complexity index is 2040. The number of aliphatic hydroxyl groups is 1. The van der Waals surface area contributed by atoms with Crippen LogP contribution in [0.4, 0.5) is 0 Å². The molecule has 100 heavy (non-hydrogen) atoms. The lowest BCUT2D eigenvalue weighted by Gasteiger charge is -2.21. The molecule has 19 heteroatoms. The van der Waals surface area contributed by atoms with E-state index in [1.54, 1.807) is 0 Å². The van der Waals surface area contributed by atoms with E-state index in [1.807, 2.05) is 0 Å². The summed E-state index contributed by atoms with van der Waals surface area (Å²) in [6, 6.07) is 0. The van der Waals surface area contributed by atoms with Crippen molar-refractivity contribution in [3.63, 3.8) is 0 Å². The number of hydrogen-bond donors (Lipinski definition) is 3. The fourth-order valence-corrected chi connectivity index (χ4v) is 13.5. The predicted molar refractivity (Wildman–Crippen MR) is 409 cm³/mol. The number of rotatable bonds is 77. The van der Waals surface area contributed by atoms with Crippen molar-refractivity contribution in [2.24, 2.45) is 17.8 Å². The molecule has 0 amide bonds. The Labute approximate surface area is 612 Å². The fourth-order valence-electron chi connectivity index (χ4n) is 11.9. The Balaban J connectivity index is 5.26. The molecule has 0 aromatic rings. The van der Waals surface area contributed by atoms with Crippen LogP contribution in [-0.2, 0) is 65.4 Å². The Morgan fingerprint density at radius 3 is 0.890 bits per heavy atom. The fraction of sp³-hybridized carbons (Fsp3) is 0.901. The summed E-state index contributed by atoms with van der Waals surface area (Å²) in [7, 11) is -9.93. The molecule has 0 saturated carbocycles. The minimum atomic E-state index is -4.97. The first-order chi connectivity index (χ1) is 48.3. The number of aliphatic hydroxyl groups excluding tert-OH is 1. The van der Waals surface area contributed by atoms with Gasteiger partial charge in [-0.3, -0.25) is 37.3 Å². The van der Waals surface area contributed by atoms with E-state index in [2.05, 4.69) is 72.8 Å². The van der Waals surface area contributed by atoms with Crippen LogP contribution in [0.1, 0.15) is 395 Å². The normalized spacial score (nSPS) is 14.4. The van der Waals surface area contributed by atoms with Crippen LogP contribution in [0.2, 0.25) is 0 Å². The van der Waals surface area contributed by atoms with Crippen molar-refractivity contribution in [1.29, 1.82) is 0 Å². The van der Waals surface area contributed by atoms with Gasteiger partial charge >= 0.3 is 39.5 Å². The van der Waals surface area contributed by atoms with Crippen molar-refractivity contribution in [3.8, 4) is 0 Å². The summed E-state index contributed by atoms with van der Waals surface area (Å²) in [6.45, 7) is 11.9. The summed E-state index contributed by atoms with van der Waals surface area (Å²) in [4.78, 5) is 73.0. The van der Waals surface area contributed by atoms with Gasteiger partial charge in [-0.1, -0.05) is 342 Å². The predicted octanol–water partition coefficient (Wildman–Crippen LogP) is 23.7. The zero-order chi connectivity index (χ0) is 73.7. The van der Waals surface area contributed by atoms with Crippen LogP contribution in [-0.4, -0.2) is 96.7 Å². The van der Waals surface area contributed by atoms with Gasteiger partial charge in [-0.05, 0) is 69.1 Å². The van der Waals surface area contributed by atoms with E-state index >= 15 is 0 Å². The van der Waals surface area contributed by atoms with Crippen molar-refractivity contribution in [3.05, 3.63) is 24.3 Å². The van der Waals surface area contributed by atoms with E-state index in [0.717, 1.165) is 127 Å². The molecule has 0 aliphatic heterocycles. The molecule has 3 N–H and O–H groups in total. The van der Waals surface area contributed by atoms with E-state index < -0.39 is 97.5 Å². The molecule has 0 aromatic heterocycles. The second-order valence-corrected chi connectivity index (χ2v) is 32.6. The Morgan fingerprint density at radius 1 is 0.330 bits per heavy atom. The van der Waals surface area contributed by atoms with Gasteiger partial charge in [0.1, 0.15) is 19.3 Å². The largest absolute Gasteiger partial charge is 0.472 e. The van der Waals surface area contributed by atoms with Crippen molar-refractivity contribution in [2.75, 3.05) is 39.6 Å². The zero-order valence-electron chi connectivity index (χ0n) is 65.2. The molecule has 3 unspecified atom stereocenters. The maximum absolute atomic E-state index is 13.1. The molecule has 0 bridgehead atoms. The molecule has 6 atom stereocenters. The summed E-state index contributed by atoms with van der Waals surface area (Å²) < 4.78 is 68.6. The van der Waals surface area contributed by atoms with Gasteiger partial charge in [0.15, 0.2) is 12.2 Å². The van der Waals surface area contributed by atoms with Crippen LogP contribution < -0.4 is 0 Å². The average molecular weight is 1460 g/mol. The maximum atomic E-state index is 13.1. The van der Waals surface area contributed by atoms with Gasteiger partial charge in [-0.2, -0.15) is 0 Å². The molecular weight excluding hydrogens is 1310 g/mol. The highest BCUT2D eigenvalue weighted by Gasteiger charge is 2.30. The number of esters is 4. The lowest BCUT2D eigenvalue weighted by molar-refractivity contribution is -0.161. The number of phosphoric ester groups is 2. The second kappa shape index (κ2) is 70.8. The summed E-state index contributed by atoms with van der Waals surface area (Å²) in [5, 5.41) is 10.6. The first-order valence-corrected chi connectivity index (χ1v) is 44.2. The van der Waals surface area contributed by atoms with Gasteiger partial charge in [-0.15, -0.1) is 0 Å². The first kappa shape index (κ1) is 97.5. The topological polar surface area (TPSA) is 237 Å². The molecule has 0 aliphatic rings. The maximum Gasteiger partial charge on any atom is 0.472 e. The summed E-state index contributed by atoms with van der Waals surface area (Å²) in [6.07, 6.45) is 61.9. The van der Waals surface area contributed by atoms with Gasteiger partial charge in [-0.25, -0.2) is 9.13 Å². The quantitative estimate of drug-likeness (QED) is 0.0169. The monoisotopic (exact) mass is 1460 g/mol. The first-order valence-electron chi connectivity index (χ1n) is 41.2. The smallest absolute Gasteiger partial charge is 0.462 e. The van der Waals surface area contributed by atoms with E-state index in [0.29, 0.717) is 25.7 Å². The second-order valence-electron chi connectivity index (χ2n) is 29.7. The molecule has 0 radical (unpaired) electrons. The van der Waals surface area contributed by atoms with Gasteiger partial charge in [0.05, 0.1) is 26.4 Å². The van der Waals surface area contributed by atoms with Crippen LogP contribution in [0.25, 0.3) is 0 Å². The van der Waals surface area contributed by atoms with Crippen LogP contribution >= 0.6 is 15.6 Å². The lowest BCUT2D eigenvalue weighted by atomic mass is 10.00. The number of carbonyl (C=O) groups excluding carboxylic acids is 4. The molecule has 0 rings (SSSR count). The standard InChI is InChI=1S/C81H154O17P2/c1-8-10-11-12-13-14-15-16-21-25-30-36-41-50-57-65-81(86)98-77(69-92-79(84)63-56-49-44-43-47-54-61-74(7)9-2)71-96-100(89,90)94-67-75(82)66-93-99(87,88)95-70-76(68-91-78(83)62-55-48-40-35-32-27-29-34-39-46-53-60-73(5)6)97-80(85)64-58-51-42-37-31-26-23-20-18-17-19-22-24-28-33-38-45-52-59-72(3)4/h14-16,21,72-77,82H,8-13,17-20,22-71H2,1-7H3,(H,87,88)(H,89,90)/b15-14-,21-16-/t74?,75-,76-,77-/m1/s1. The van der Waals surface area contributed by atoms with Crippen LogP contribution in [0.5, 0.6) is 0 Å². The Kier molecular flexibility index (Phi) is 69.1. The van der Waals surface area contributed by atoms with E-state index in [9.17, 15) is 43.2 Å². The van der Waals surface area contributed by atoms with E-state index in [1.165, 1.54) is 186 Å². The number of allylic oxidation sites excluding steroid dienone is 4. The van der Waals surface area contributed by atoms with E-state index in [-0.39, 0.29) is 25.7 Å². The third-order valence-corrected chi connectivity index (χ3v) is 20.5. The molecule has 0 aliphatic carbocycles. The highest BCUT2D eigenvalue weighted by atomic mass is 31.2. The minimum Gasteiger partial charge on any atom is -0.462 e. The molecule has 0 saturated heterocycles. The molecule has 17 nitrogen and oxygen atoms in total. The third-order valence-electron chi connectivity index (χ3n) is 18.6. The van der Waals surface area contributed by atoms with Crippen molar-refractivity contribution < 1.29 is 80.2 Å². The highest BCUT2D eigenvalue weighted by molar-refractivity contribution is 7.47. The van der Waals surface area contributed by atoms with Gasteiger partial charge in [0, 0.05) is 25.7 Å². The van der Waals surface area contributed by atoms with Gasteiger partial charge < -0.3 is 33.8 Å². The van der Waals surface area contributed by atoms with Crippen molar-refractivity contribution in [2.45, 2.75) is 414 Å². The Hall–Kier alpha value is -2.46. The number of phosphoric acid groups is 2. The van der Waals surface area contributed by atoms with Crippen LogP contribution in [0.15, 0.2) is 24.3 Å². The van der Waals surface area contributed by atoms with Crippen molar-refractivity contribution >= 4 is 39.5 Å². The summed E-state index contributed by atoms with van der Waals surface area (Å²) >= 11 is 0. The van der Waals surface area contributed by atoms with Crippen molar-refractivity contribution in [1.82, 2.24) is 0 Å². The number of carbonyl (C=O) groups is 4.